The van der Waals surface area contributed by atoms with E-state index in [1.165, 1.54) is 0 Å². The van der Waals surface area contributed by atoms with Gasteiger partial charge in [0.25, 0.3) is 0 Å². The average Bonchev–Trinajstić information content (AvgIpc) is 2.30. The van der Waals surface area contributed by atoms with E-state index < -0.39 is 24.0 Å². The van der Waals surface area contributed by atoms with Crippen LogP contribution in [0.25, 0.3) is 0 Å². The van der Waals surface area contributed by atoms with Gasteiger partial charge in [0.1, 0.15) is 0 Å². The molecule has 6 heteroatoms. The minimum atomic E-state index is -1.30. The molecule has 105 valence electrons. The van der Waals surface area contributed by atoms with Gasteiger partial charge < -0.3 is 19.9 Å². The molecule has 0 saturated carbocycles. The van der Waals surface area contributed by atoms with E-state index in [9.17, 15) is 14.7 Å². The predicted octanol–water partition coefficient (Wildman–Crippen LogP) is -0.0965. The Morgan fingerprint density at radius 2 is 1.72 bits per heavy atom. The van der Waals surface area contributed by atoms with Crippen LogP contribution in [0.1, 0.15) is 20.3 Å². The maximum absolute atomic E-state index is 11.6. The zero-order chi connectivity index (χ0) is 14.0. The van der Waals surface area contributed by atoms with Crippen molar-refractivity contribution in [3.8, 4) is 0 Å². The second-order valence-corrected chi connectivity index (χ2v) is 3.61. The van der Waals surface area contributed by atoms with Gasteiger partial charge in [-0.2, -0.15) is 0 Å². The predicted molar refractivity (Wildman–Crippen MR) is 65.6 cm³/mol. The van der Waals surface area contributed by atoms with Gasteiger partial charge >= 0.3 is 11.9 Å². The highest BCUT2D eigenvalue weighted by atomic mass is 16.6. The lowest BCUT2D eigenvalue weighted by Gasteiger charge is -2.20. The van der Waals surface area contributed by atoms with Crippen LogP contribution in [0.15, 0.2) is 0 Å². The van der Waals surface area contributed by atoms with Gasteiger partial charge in [0.15, 0.2) is 5.92 Å². The molecule has 0 aromatic rings. The first-order valence-corrected chi connectivity index (χ1v) is 6.09. The number of rotatable bonds is 9. The number of hydrogen-bond acceptors (Lipinski definition) is 6. The number of aliphatic hydroxyl groups excluding tert-OH is 1. The normalized spacial score (nSPS) is 12.3. The van der Waals surface area contributed by atoms with Crippen LogP contribution in [-0.4, -0.2) is 49.5 Å². The van der Waals surface area contributed by atoms with Crippen LogP contribution in [0.2, 0.25) is 0 Å². The van der Waals surface area contributed by atoms with Crippen LogP contribution in [-0.2, 0) is 19.1 Å². The van der Waals surface area contributed by atoms with Crippen molar-refractivity contribution in [2.45, 2.75) is 26.4 Å². The molecule has 0 rings (SSSR count). The van der Waals surface area contributed by atoms with Gasteiger partial charge in [0, 0.05) is 6.54 Å². The fourth-order valence-electron chi connectivity index (χ4n) is 1.37. The Kier molecular flexibility index (Phi) is 9.22. The van der Waals surface area contributed by atoms with Crippen molar-refractivity contribution in [2.24, 2.45) is 5.92 Å². The average molecular weight is 260 g/mol. The van der Waals surface area contributed by atoms with E-state index >= 15 is 0 Å². The molecule has 0 aliphatic carbocycles. The Hall–Kier alpha value is -1.14. The lowest BCUT2D eigenvalue weighted by molar-refractivity contribution is -0.166. The van der Waals surface area contributed by atoms with Gasteiger partial charge in [0.05, 0.1) is 19.3 Å². The minimum Gasteiger partial charge on any atom is -0.465 e. The summed E-state index contributed by atoms with van der Waals surface area (Å²) < 4.78 is 9.52. The second-order valence-electron chi connectivity index (χ2n) is 3.61. The number of nitrogens with one attached hydrogen (secondary N) is 1. The molecule has 0 saturated heterocycles. The van der Waals surface area contributed by atoms with Crippen molar-refractivity contribution in [1.29, 1.82) is 0 Å². The van der Waals surface area contributed by atoms with Crippen molar-refractivity contribution in [2.75, 3.05) is 26.3 Å². The van der Waals surface area contributed by atoms with Crippen LogP contribution in [0, 0.1) is 12.8 Å². The minimum absolute atomic E-state index is 0.109. The first kappa shape index (κ1) is 16.9. The maximum Gasteiger partial charge on any atom is 0.323 e. The Morgan fingerprint density at radius 3 is 2.11 bits per heavy atom. The van der Waals surface area contributed by atoms with E-state index in [0.29, 0.717) is 13.0 Å². The molecule has 0 spiro atoms. The number of aliphatic hydroxyl groups is 1. The van der Waals surface area contributed by atoms with Crippen LogP contribution in [0.3, 0.4) is 0 Å². The van der Waals surface area contributed by atoms with Crippen LogP contribution >= 0.6 is 0 Å². The van der Waals surface area contributed by atoms with Crippen molar-refractivity contribution in [3.63, 3.8) is 0 Å². The monoisotopic (exact) mass is 260 g/mol. The standard InChI is InChI=1S/C12H22NO5/c1-4-7-13-8-9(14)10(11(15)17-5-2)12(16)18-6-3/h9-10,13-14H,1,4-8H2,2-3H3. The molecular weight excluding hydrogens is 238 g/mol. The number of hydrogen-bond donors (Lipinski definition) is 2. The molecule has 0 aromatic carbocycles. The molecule has 0 heterocycles. The summed E-state index contributed by atoms with van der Waals surface area (Å²) in [5.74, 6) is -2.83. The van der Waals surface area contributed by atoms with Crippen molar-refractivity contribution in [1.82, 2.24) is 5.32 Å². The summed E-state index contributed by atoms with van der Waals surface area (Å²) in [5.41, 5.74) is 0. The van der Waals surface area contributed by atoms with Crippen LogP contribution in [0.4, 0.5) is 0 Å². The Labute approximate surface area is 108 Å². The molecule has 2 N–H and O–H groups in total. The summed E-state index contributed by atoms with van der Waals surface area (Å²) in [5, 5.41) is 12.7. The van der Waals surface area contributed by atoms with Crippen LogP contribution < -0.4 is 5.32 Å². The van der Waals surface area contributed by atoms with Gasteiger partial charge in [0.2, 0.25) is 0 Å². The summed E-state index contributed by atoms with van der Waals surface area (Å²) in [6.45, 7) is 7.89. The largest absolute Gasteiger partial charge is 0.465 e. The molecule has 0 aromatic heterocycles. The van der Waals surface area contributed by atoms with Crippen molar-refractivity contribution < 1.29 is 24.2 Å². The van der Waals surface area contributed by atoms with Gasteiger partial charge in [-0.1, -0.05) is 6.92 Å². The highest BCUT2D eigenvalue weighted by molar-refractivity contribution is 5.95. The van der Waals surface area contributed by atoms with E-state index in [-0.39, 0.29) is 19.8 Å². The molecule has 0 fully saturated rings. The number of carbonyl (C=O) groups excluding carboxylic acids is 2. The number of carbonyl (C=O) groups is 2. The van der Waals surface area contributed by atoms with E-state index in [4.69, 9.17) is 9.47 Å². The van der Waals surface area contributed by atoms with Gasteiger partial charge in [-0.05, 0) is 26.8 Å². The second kappa shape index (κ2) is 9.85. The Bertz CT molecular complexity index is 239. The zero-order valence-electron chi connectivity index (χ0n) is 11.0. The van der Waals surface area contributed by atoms with E-state index in [1.54, 1.807) is 13.8 Å². The fourth-order valence-corrected chi connectivity index (χ4v) is 1.37. The third kappa shape index (κ3) is 5.97. The molecule has 6 nitrogen and oxygen atoms in total. The fraction of sp³-hybridized carbons (Fsp3) is 0.750. The van der Waals surface area contributed by atoms with Gasteiger partial charge in [-0.15, -0.1) is 0 Å². The summed E-state index contributed by atoms with van der Waals surface area (Å²) in [7, 11) is 0. The summed E-state index contributed by atoms with van der Waals surface area (Å²) in [4.78, 5) is 23.2. The first-order valence-electron chi connectivity index (χ1n) is 6.09. The van der Waals surface area contributed by atoms with Crippen molar-refractivity contribution in [3.05, 3.63) is 6.92 Å². The third-order valence-electron chi connectivity index (χ3n) is 2.17. The molecule has 0 amide bonds. The lowest BCUT2D eigenvalue weighted by Crippen LogP contribution is -2.43. The number of ether oxygens (including phenoxy) is 2. The van der Waals surface area contributed by atoms with Crippen molar-refractivity contribution >= 4 is 11.9 Å². The molecule has 18 heavy (non-hydrogen) atoms. The number of esters is 2. The van der Waals surface area contributed by atoms with E-state index in [2.05, 4.69) is 12.2 Å². The molecule has 1 atom stereocenters. The van der Waals surface area contributed by atoms with Gasteiger partial charge in [-0.25, -0.2) is 0 Å². The summed E-state index contributed by atoms with van der Waals surface area (Å²) >= 11 is 0. The highest BCUT2D eigenvalue weighted by Gasteiger charge is 2.36. The Morgan fingerprint density at radius 1 is 1.22 bits per heavy atom. The first-order chi connectivity index (χ1) is 8.58. The SMILES string of the molecule is [CH2]CCNCC(O)C(C(=O)OCC)C(=O)OCC. The van der Waals surface area contributed by atoms with E-state index in [1.807, 2.05) is 0 Å². The van der Waals surface area contributed by atoms with Gasteiger partial charge in [-0.3, -0.25) is 9.59 Å². The van der Waals surface area contributed by atoms with Crippen LogP contribution in [0.5, 0.6) is 0 Å². The smallest absolute Gasteiger partial charge is 0.323 e. The lowest BCUT2D eigenvalue weighted by atomic mass is 10.0. The van der Waals surface area contributed by atoms with E-state index in [0.717, 1.165) is 0 Å². The molecule has 1 radical (unpaired) electrons. The highest BCUT2D eigenvalue weighted by Crippen LogP contribution is 2.09. The summed E-state index contributed by atoms with van der Waals surface area (Å²) in [6.07, 6.45) is -0.523. The molecule has 0 aliphatic rings. The maximum atomic E-state index is 11.6. The topological polar surface area (TPSA) is 84.9 Å². The molecule has 0 bridgehead atoms. The Balaban J connectivity index is 4.53. The molecule has 0 aliphatic heterocycles. The molecular formula is C12H22NO5. The quantitative estimate of drug-likeness (QED) is 0.342. The summed E-state index contributed by atoms with van der Waals surface area (Å²) in [6, 6.07) is 0. The third-order valence-corrected chi connectivity index (χ3v) is 2.17. The molecule has 1 unspecified atom stereocenters. The zero-order valence-corrected chi connectivity index (χ0v) is 11.0.